The number of carbonyl (C=O) groups excluding carboxylic acids is 1. The van der Waals surface area contributed by atoms with Crippen LogP contribution in [0.3, 0.4) is 0 Å². The molecule has 0 bridgehead atoms. The molecule has 0 atom stereocenters. The minimum atomic E-state index is -0.257. The summed E-state index contributed by atoms with van der Waals surface area (Å²) in [6.07, 6.45) is 6.27. The first-order valence-corrected chi connectivity index (χ1v) is 6.51. The molecule has 1 aromatic rings. The molecular formula is C11H17N3OS. The molecule has 0 aromatic carbocycles. The molecule has 0 unspecified atom stereocenters. The van der Waals surface area contributed by atoms with Crippen LogP contribution in [0.5, 0.6) is 0 Å². The fourth-order valence-corrected chi connectivity index (χ4v) is 2.73. The third-order valence-electron chi connectivity index (χ3n) is 2.87. The lowest BCUT2D eigenvalue weighted by molar-refractivity contribution is -0.117. The van der Waals surface area contributed by atoms with E-state index in [1.807, 2.05) is 6.20 Å². The zero-order chi connectivity index (χ0) is 11.4. The van der Waals surface area contributed by atoms with Crippen LogP contribution in [0.1, 0.15) is 41.5 Å². The third kappa shape index (κ3) is 3.02. The molecular weight excluding hydrogens is 222 g/mol. The fraction of sp³-hybridized carbons (Fsp3) is 0.636. The first-order chi connectivity index (χ1) is 7.75. The van der Waals surface area contributed by atoms with E-state index in [9.17, 15) is 4.79 Å². The summed E-state index contributed by atoms with van der Waals surface area (Å²) in [5.74, 6) is 0.455. The number of nitrogens with one attached hydrogen (secondary N) is 1. The van der Waals surface area contributed by atoms with Crippen LogP contribution < -0.4 is 11.1 Å². The molecule has 0 aliphatic heterocycles. The number of aromatic nitrogens is 1. The molecule has 1 amide bonds. The van der Waals surface area contributed by atoms with Crippen LogP contribution in [0.25, 0.3) is 0 Å². The van der Waals surface area contributed by atoms with Crippen molar-refractivity contribution in [2.45, 2.75) is 38.1 Å². The number of thiazole rings is 1. The van der Waals surface area contributed by atoms with Crippen molar-refractivity contribution in [3.63, 3.8) is 0 Å². The number of rotatable bonds is 6. The first kappa shape index (κ1) is 11.5. The van der Waals surface area contributed by atoms with Gasteiger partial charge in [0.1, 0.15) is 0 Å². The molecule has 0 spiro atoms. The highest BCUT2D eigenvalue weighted by Gasteiger charge is 2.22. The Kier molecular flexibility index (Phi) is 3.90. The fourth-order valence-electron chi connectivity index (χ4n) is 1.67. The Labute approximate surface area is 99.3 Å². The number of hydrogen-bond donors (Lipinski definition) is 2. The van der Waals surface area contributed by atoms with Crippen LogP contribution in [0.15, 0.2) is 6.20 Å². The average molecular weight is 239 g/mol. The minimum Gasteiger partial charge on any atom is -0.370 e. The Morgan fingerprint density at radius 1 is 1.62 bits per heavy atom. The van der Waals surface area contributed by atoms with Crippen LogP contribution in [-0.2, 0) is 11.3 Å². The quantitative estimate of drug-likeness (QED) is 0.737. The number of nitrogens with zero attached hydrogens (tertiary/aromatic N) is 1. The van der Waals surface area contributed by atoms with Crippen LogP contribution in [0.2, 0.25) is 0 Å². The monoisotopic (exact) mass is 239 g/mol. The van der Waals surface area contributed by atoms with Gasteiger partial charge in [0.15, 0.2) is 0 Å². The second-order valence-corrected chi connectivity index (χ2v) is 5.33. The van der Waals surface area contributed by atoms with Gasteiger partial charge in [-0.25, -0.2) is 4.98 Å². The molecule has 16 heavy (non-hydrogen) atoms. The van der Waals surface area contributed by atoms with Gasteiger partial charge >= 0.3 is 0 Å². The summed E-state index contributed by atoms with van der Waals surface area (Å²) in [6.45, 7) is 1.43. The van der Waals surface area contributed by atoms with Gasteiger partial charge in [0.25, 0.3) is 0 Å². The van der Waals surface area contributed by atoms with E-state index in [0.717, 1.165) is 6.54 Å². The van der Waals surface area contributed by atoms with E-state index in [0.29, 0.717) is 18.9 Å². The predicted molar refractivity (Wildman–Crippen MR) is 64.2 cm³/mol. The maximum absolute atomic E-state index is 10.5. The summed E-state index contributed by atoms with van der Waals surface area (Å²) in [4.78, 5) is 16.2. The summed E-state index contributed by atoms with van der Waals surface area (Å²) in [5.41, 5.74) is 5.05. The summed E-state index contributed by atoms with van der Waals surface area (Å²) in [7, 11) is 0. The van der Waals surface area contributed by atoms with Crippen molar-refractivity contribution in [3.05, 3.63) is 16.1 Å². The molecule has 1 aliphatic rings. The van der Waals surface area contributed by atoms with E-state index < -0.39 is 0 Å². The number of amides is 1. The molecule has 1 heterocycles. The molecule has 88 valence electrons. The predicted octanol–water partition coefficient (Wildman–Crippen LogP) is 1.38. The summed E-state index contributed by atoms with van der Waals surface area (Å²) < 4.78 is 0. The lowest BCUT2D eigenvalue weighted by Crippen LogP contribution is -2.21. The van der Waals surface area contributed by atoms with Crippen molar-refractivity contribution in [2.75, 3.05) is 6.54 Å². The van der Waals surface area contributed by atoms with Crippen LogP contribution in [0, 0.1) is 0 Å². The van der Waals surface area contributed by atoms with Gasteiger partial charge in [-0.2, -0.15) is 0 Å². The van der Waals surface area contributed by atoms with Gasteiger partial charge < -0.3 is 11.1 Å². The Hall–Kier alpha value is -0.940. The first-order valence-electron chi connectivity index (χ1n) is 5.69. The molecule has 1 aromatic heterocycles. The van der Waals surface area contributed by atoms with Crippen molar-refractivity contribution in [1.29, 1.82) is 0 Å². The van der Waals surface area contributed by atoms with E-state index >= 15 is 0 Å². The molecule has 1 aliphatic carbocycles. The standard InChI is InChI=1S/C11H17N3OS/c12-10(15)4-5-13-6-9-7-14-11(16-9)8-2-1-3-8/h7-8,13H,1-6H2,(H2,12,15). The zero-order valence-electron chi connectivity index (χ0n) is 9.24. The molecule has 1 fully saturated rings. The summed E-state index contributed by atoms with van der Waals surface area (Å²) in [6, 6.07) is 0. The Morgan fingerprint density at radius 3 is 3.06 bits per heavy atom. The van der Waals surface area contributed by atoms with Gasteiger partial charge in [-0.3, -0.25) is 4.79 Å². The highest BCUT2D eigenvalue weighted by Crippen LogP contribution is 2.38. The van der Waals surface area contributed by atoms with Gasteiger partial charge in [-0.15, -0.1) is 11.3 Å². The zero-order valence-corrected chi connectivity index (χ0v) is 10.1. The number of primary amides is 1. The van der Waals surface area contributed by atoms with Crippen molar-refractivity contribution in [2.24, 2.45) is 5.73 Å². The smallest absolute Gasteiger partial charge is 0.218 e. The summed E-state index contributed by atoms with van der Waals surface area (Å²) in [5, 5.41) is 4.47. The van der Waals surface area contributed by atoms with Crippen molar-refractivity contribution in [1.82, 2.24) is 10.3 Å². The van der Waals surface area contributed by atoms with Gasteiger partial charge in [0.05, 0.1) is 5.01 Å². The SMILES string of the molecule is NC(=O)CCNCc1cnc(C2CCC2)s1. The van der Waals surface area contributed by atoms with E-state index in [1.54, 1.807) is 11.3 Å². The van der Waals surface area contributed by atoms with E-state index in [1.165, 1.54) is 29.1 Å². The number of carbonyl (C=O) groups is 1. The van der Waals surface area contributed by atoms with E-state index in [-0.39, 0.29) is 5.91 Å². The molecule has 1 saturated carbocycles. The molecule has 5 heteroatoms. The molecule has 3 N–H and O–H groups in total. The lowest BCUT2D eigenvalue weighted by Gasteiger charge is -2.22. The van der Waals surface area contributed by atoms with E-state index in [2.05, 4.69) is 10.3 Å². The maximum atomic E-state index is 10.5. The van der Waals surface area contributed by atoms with E-state index in [4.69, 9.17) is 5.73 Å². The van der Waals surface area contributed by atoms with Gasteiger partial charge in [-0.05, 0) is 12.8 Å². The average Bonchev–Trinajstić information content (AvgIpc) is 2.58. The van der Waals surface area contributed by atoms with Crippen LogP contribution in [0.4, 0.5) is 0 Å². The lowest BCUT2D eigenvalue weighted by atomic mass is 9.86. The van der Waals surface area contributed by atoms with Crippen molar-refractivity contribution >= 4 is 17.2 Å². The Bertz CT molecular complexity index is 360. The third-order valence-corrected chi connectivity index (χ3v) is 4.03. The second-order valence-electron chi connectivity index (χ2n) is 4.19. The molecule has 4 nitrogen and oxygen atoms in total. The largest absolute Gasteiger partial charge is 0.370 e. The molecule has 0 saturated heterocycles. The normalized spacial score (nSPS) is 16.0. The van der Waals surface area contributed by atoms with Crippen LogP contribution in [-0.4, -0.2) is 17.4 Å². The topological polar surface area (TPSA) is 68.0 Å². The van der Waals surface area contributed by atoms with Gasteiger partial charge in [0.2, 0.25) is 5.91 Å². The van der Waals surface area contributed by atoms with Crippen molar-refractivity contribution in [3.8, 4) is 0 Å². The van der Waals surface area contributed by atoms with Gasteiger partial charge in [0, 0.05) is 36.5 Å². The number of hydrogen-bond acceptors (Lipinski definition) is 4. The highest BCUT2D eigenvalue weighted by atomic mass is 32.1. The van der Waals surface area contributed by atoms with Gasteiger partial charge in [-0.1, -0.05) is 6.42 Å². The molecule has 2 rings (SSSR count). The Balaban J connectivity index is 1.72. The molecule has 0 radical (unpaired) electrons. The minimum absolute atomic E-state index is 0.257. The summed E-state index contributed by atoms with van der Waals surface area (Å²) >= 11 is 1.79. The van der Waals surface area contributed by atoms with Crippen LogP contribution >= 0.6 is 11.3 Å². The second kappa shape index (κ2) is 5.41. The maximum Gasteiger partial charge on any atom is 0.218 e. The highest BCUT2D eigenvalue weighted by molar-refractivity contribution is 7.11. The van der Waals surface area contributed by atoms with Crippen molar-refractivity contribution < 1.29 is 4.79 Å². The Morgan fingerprint density at radius 2 is 2.44 bits per heavy atom. The number of nitrogens with two attached hydrogens (primary N) is 1.